The molecule has 1 aromatic carbocycles. The third kappa shape index (κ3) is 2.06. The number of hydrogen-bond donors (Lipinski definition) is 1. The van der Waals surface area contributed by atoms with Gasteiger partial charge in [0.2, 0.25) is 0 Å². The summed E-state index contributed by atoms with van der Waals surface area (Å²) < 4.78 is 13.2. The Morgan fingerprint density at radius 1 is 1.41 bits per heavy atom. The molecule has 0 saturated heterocycles. The number of nitrogens with zero attached hydrogens (tertiary/aromatic N) is 1. The lowest BCUT2D eigenvalue weighted by Gasteiger charge is -2.37. The van der Waals surface area contributed by atoms with Crippen molar-refractivity contribution in [2.75, 3.05) is 0 Å². The van der Waals surface area contributed by atoms with Crippen LogP contribution in [0.3, 0.4) is 0 Å². The van der Waals surface area contributed by atoms with Gasteiger partial charge < -0.3 is 4.90 Å². The first-order valence-electron chi connectivity index (χ1n) is 6.10. The van der Waals surface area contributed by atoms with Gasteiger partial charge in [0, 0.05) is 17.6 Å². The smallest absolute Gasteiger partial charge is 0.129 e. The lowest BCUT2D eigenvalue weighted by Crippen LogP contribution is -2.43. The van der Waals surface area contributed by atoms with Crippen LogP contribution in [0.1, 0.15) is 44.7 Å². The molecule has 1 aliphatic heterocycles. The molecule has 0 fully saturated rings. The van der Waals surface area contributed by atoms with E-state index in [1.54, 1.807) is 6.07 Å². The number of hydrogen-bond acceptors (Lipinski definition) is 1. The molecular formula is C14H19FN2. The summed E-state index contributed by atoms with van der Waals surface area (Å²) in [5.74, 6) is 0.196. The normalized spacial score (nSPS) is 15.3. The largest absolute Gasteiger partial charge is 0.347 e. The maximum absolute atomic E-state index is 13.2. The minimum Gasteiger partial charge on any atom is -0.347 e. The van der Waals surface area contributed by atoms with E-state index < -0.39 is 0 Å². The number of nitrogens with one attached hydrogen (secondary N) is 1. The molecule has 2 nitrogen and oxygen atoms in total. The van der Waals surface area contributed by atoms with Crippen LogP contribution >= 0.6 is 0 Å². The molecule has 0 bridgehead atoms. The highest BCUT2D eigenvalue weighted by Crippen LogP contribution is 2.32. The highest BCUT2D eigenvalue weighted by atomic mass is 19.1. The van der Waals surface area contributed by atoms with Gasteiger partial charge in [-0.05, 0) is 38.0 Å². The van der Waals surface area contributed by atoms with Gasteiger partial charge in [0.1, 0.15) is 11.7 Å². The van der Waals surface area contributed by atoms with E-state index in [-0.39, 0.29) is 11.4 Å². The van der Waals surface area contributed by atoms with Crippen molar-refractivity contribution >= 4 is 5.84 Å². The van der Waals surface area contributed by atoms with Crippen LogP contribution in [0.2, 0.25) is 0 Å². The maximum atomic E-state index is 13.2. The van der Waals surface area contributed by atoms with Crippen molar-refractivity contribution in [3.05, 3.63) is 35.1 Å². The molecule has 0 radical (unpaired) electrons. The Morgan fingerprint density at radius 2 is 2.12 bits per heavy atom. The molecule has 17 heavy (non-hydrogen) atoms. The van der Waals surface area contributed by atoms with Gasteiger partial charge in [-0.1, -0.05) is 19.4 Å². The minimum absolute atomic E-state index is 0.0403. The lowest BCUT2D eigenvalue weighted by molar-refractivity contribution is 0.199. The van der Waals surface area contributed by atoms with Crippen LogP contribution in [-0.4, -0.2) is 16.3 Å². The quantitative estimate of drug-likeness (QED) is 0.850. The van der Waals surface area contributed by atoms with Crippen LogP contribution < -0.4 is 0 Å². The summed E-state index contributed by atoms with van der Waals surface area (Å²) in [7, 11) is 0. The van der Waals surface area contributed by atoms with Crippen molar-refractivity contribution in [2.45, 2.75) is 45.7 Å². The molecule has 3 heteroatoms. The maximum Gasteiger partial charge on any atom is 0.129 e. The second-order valence-corrected chi connectivity index (χ2v) is 5.30. The van der Waals surface area contributed by atoms with Crippen molar-refractivity contribution in [3.8, 4) is 0 Å². The van der Waals surface area contributed by atoms with Crippen molar-refractivity contribution < 1.29 is 4.39 Å². The molecule has 2 rings (SSSR count). The Balaban J connectivity index is 2.31. The van der Waals surface area contributed by atoms with Crippen LogP contribution in [0, 0.1) is 11.2 Å². The van der Waals surface area contributed by atoms with Crippen molar-refractivity contribution in [1.29, 1.82) is 5.41 Å². The monoisotopic (exact) mass is 234 g/mol. The van der Waals surface area contributed by atoms with Gasteiger partial charge in [-0.3, -0.25) is 5.41 Å². The van der Waals surface area contributed by atoms with Gasteiger partial charge in [0.15, 0.2) is 0 Å². The van der Waals surface area contributed by atoms with E-state index in [2.05, 4.69) is 25.7 Å². The van der Waals surface area contributed by atoms with Crippen LogP contribution in [0.25, 0.3) is 0 Å². The second-order valence-electron chi connectivity index (χ2n) is 5.30. The second kappa shape index (κ2) is 4.13. The number of rotatable bonds is 3. The summed E-state index contributed by atoms with van der Waals surface area (Å²) in [5, 5.41) is 8.18. The fourth-order valence-corrected chi connectivity index (χ4v) is 2.57. The molecule has 92 valence electrons. The van der Waals surface area contributed by atoms with Gasteiger partial charge in [-0.2, -0.15) is 0 Å². The van der Waals surface area contributed by atoms with E-state index in [0.29, 0.717) is 5.84 Å². The standard InChI is InChI=1S/C14H19FN2/c1-4-7-14(2,3)17-9-10-5-6-11(15)8-12(10)13(17)16/h5-6,8,16H,4,7,9H2,1-3H3. The van der Waals surface area contributed by atoms with E-state index in [1.165, 1.54) is 12.1 Å². The number of amidine groups is 1. The van der Waals surface area contributed by atoms with Gasteiger partial charge >= 0.3 is 0 Å². The molecule has 0 amide bonds. The summed E-state index contributed by atoms with van der Waals surface area (Å²) in [4.78, 5) is 2.07. The summed E-state index contributed by atoms with van der Waals surface area (Å²) in [6.07, 6.45) is 2.12. The molecule has 0 aliphatic carbocycles. The molecule has 0 aromatic heterocycles. The molecule has 1 N–H and O–H groups in total. The third-order valence-electron chi connectivity index (χ3n) is 3.52. The topological polar surface area (TPSA) is 27.1 Å². The zero-order valence-electron chi connectivity index (χ0n) is 10.7. The highest BCUT2D eigenvalue weighted by Gasteiger charge is 2.34. The van der Waals surface area contributed by atoms with Crippen molar-refractivity contribution in [2.24, 2.45) is 0 Å². The van der Waals surface area contributed by atoms with Gasteiger partial charge in [0.25, 0.3) is 0 Å². The fourth-order valence-electron chi connectivity index (χ4n) is 2.57. The Labute approximate surface area is 102 Å². The van der Waals surface area contributed by atoms with E-state index in [1.807, 2.05) is 0 Å². The van der Waals surface area contributed by atoms with Gasteiger partial charge in [0.05, 0.1) is 0 Å². The Bertz CT molecular complexity index is 452. The van der Waals surface area contributed by atoms with Crippen molar-refractivity contribution in [3.63, 3.8) is 0 Å². The van der Waals surface area contributed by atoms with E-state index in [9.17, 15) is 4.39 Å². The number of benzene rings is 1. The molecule has 0 atom stereocenters. The molecule has 1 aliphatic rings. The van der Waals surface area contributed by atoms with Crippen LogP contribution in [-0.2, 0) is 6.54 Å². The van der Waals surface area contributed by atoms with Gasteiger partial charge in [-0.15, -0.1) is 0 Å². The van der Waals surface area contributed by atoms with Crippen LogP contribution in [0.5, 0.6) is 0 Å². The first-order chi connectivity index (χ1) is 7.95. The summed E-state index contributed by atoms with van der Waals surface area (Å²) >= 11 is 0. The van der Waals surface area contributed by atoms with E-state index in [0.717, 1.165) is 30.5 Å². The molecule has 0 saturated carbocycles. The third-order valence-corrected chi connectivity index (χ3v) is 3.52. The average Bonchev–Trinajstić information content (AvgIpc) is 2.57. The molecule has 1 heterocycles. The summed E-state index contributed by atoms with van der Waals surface area (Å²) in [5.41, 5.74) is 1.76. The first kappa shape index (κ1) is 12.1. The zero-order chi connectivity index (χ0) is 12.6. The first-order valence-corrected chi connectivity index (χ1v) is 6.10. The summed E-state index contributed by atoms with van der Waals surface area (Å²) in [6.45, 7) is 7.16. The Hall–Kier alpha value is -1.38. The number of fused-ring (bicyclic) bond motifs is 1. The van der Waals surface area contributed by atoms with E-state index in [4.69, 9.17) is 5.41 Å². The van der Waals surface area contributed by atoms with Crippen LogP contribution in [0.15, 0.2) is 18.2 Å². The lowest BCUT2D eigenvalue weighted by atomic mass is 9.96. The summed E-state index contributed by atoms with van der Waals surface area (Å²) in [6, 6.07) is 4.74. The predicted molar refractivity (Wildman–Crippen MR) is 67.8 cm³/mol. The van der Waals surface area contributed by atoms with Gasteiger partial charge in [-0.25, -0.2) is 4.39 Å². The predicted octanol–water partition coefficient (Wildman–Crippen LogP) is 3.55. The fraction of sp³-hybridized carbons (Fsp3) is 0.500. The molecular weight excluding hydrogens is 215 g/mol. The Morgan fingerprint density at radius 3 is 2.76 bits per heavy atom. The Kier molecular flexibility index (Phi) is 2.94. The van der Waals surface area contributed by atoms with Crippen molar-refractivity contribution in [1.82, 2.24) is 4.90 Å². The zero-order valence-corrected chi connectivity index (χ0v) is 10.7. The minimum atomic E-state index is -0.261. The van der Waals surface area contributed by atoms with E-state index >= 15 is 0 Å². The molecule has 0 spiro atoms. The SMILES string of the molecule is CCCC(C)(C)N1Cc2ccc(F)cc2C1=N. The number of halogens is 1. The highest BCUT2D eigenvalue weighted by molar-refractivity contribution is 6.00. The average molecular weight is 234 g/mol. The molecule has 0 unspecified atom stereocenters. The molecule has 1 aromatic rings. The van der Waals surface area contributed by atoms with Crippen LogP contribution in [0.4, 0.5) is 4.39 Å².